The lowest BCUT2D eigenvalue weighted by molar-refractivity contribution is 0.175. The zero-order valence-electron chi connectivity index (χ0n) is 8.84. The van der Waals surface area contributed by atoms with E-state index in [1.165, 1.54) is 0 Å². The van der Waals surface area contributed by atoms with Gasteiger partial charge in [0.2, 0.25) is 0 Å². The van der Waals surface area contributed by atoms with E-state index in [-0.39, 0.29) is 18.3 Å². The van der Waals surface area contributed by atoms with E-state index in [0.29, 0.717) is 5.92 Å². The average molecular weight is 211 g/mol. The fourth-order valence-electron chi connectivity index (χ4n) is 2.22. The van der Waals surface area contributed by atoms with Crippen LogP contribution in [0.25, 0.3) is 0 Å². The highest BCUT2D eigenvalue weighted by molar-refractivity contribution is 5.14. The minimum atomic E-state index is -0.157. The van der Waals surface area contributed by atoms with Gasteiger partial charge in [0.25, 0.3) is 0 Å². The number of aromatic amines is 2. The van der Waals surface area contributed by atoms with E-state index in [4.69, 9.17) is 5.11 Å². The molecule has 0 amide bonds. The molecule has 0 aliphatic carbocycles. The molecule has 1 aliphatic rings. The number of aryl methyl sites for hydroxylation is 1. The molecule has 5 nitrogen and oxygen atoms in total. The zero-order valence-corrected chi connectivity index (χ0v) is 8.84. The highest BCUT2D eigenvalue weighted by Crippen LogP contribution is 2.26. The second-order valence-electron chi connectivity index (χ2n) is 4.20. The van der Waals surface area contributed by atoms with Gasteiger partial charge in [-0.2, -0.15) is 0 Å². The van der Waals surface area contributed by atoms with Gasteiger partial charge in [-0.15, -0.1) is 0 Å². The average Bonchev–Trinajstić information content (AvgIpc) is 2.58. The van der Waals surface area contributed by atoms with Crippen molar-refractivity contribution in [3.8, 4) is 0 Å². The van der Waals surface area contributed by atoms with E-state index in [1.807, 2.05) is 6.92 Å². The molecular formula is C10H17N3O2. The van der Waals surface area contributed by atoms with Crippen molar-refractivity contribution in [3.63, 3.8) is 0 Å². The maximum Gasteiger partial charge on any atom is 0.323 e. The third kappa shape index (κ3) is 2.13. The van der Waals surface area contributed by atoms with Gasteiger partial charge < -0.3 is 20.4 Å². The lowest BCUT2D eigenvalue weighted by Crippen LogP contribution is -2.33. The number of aliphatic hydroxyl groups excluding tert-OH is 1. The van der Waals surface area contributed by atoms with Gasteiger partial charge in [0.1, 0.15) is 0 Å². The Kier molecular flexibility index (Phi) is 2.93. The summed E-state index contributed by atoms with van der Waals surface area (Å²) in [6.45, 7) is 3.01. The quantitative estimate of drug-likeness (QED) is 0.557. The summed E-state index contributed by atoms with van der Waals surface area (Å²) in [4.78, 5) is 16.6. The Bertz CT molecular complexity index is 382. The van der Waals surface area contributed by atoms with Gasteiger partial charge in [-0.3, -0.25) is 0 Å². The number of imidazole rings is 1. The number of piperidine rings is 1. The van der Waals surface area contributed by atoms with Gasteiger partial charge >= 0.3 is 5.69 Å². The molecule has 2 rings (SSSR count). The van der Waals surface area contributed by atoms with Gasteiger partial charge in [-0.1, -0.05) is 0 Å². The second kappa shape index (κ2) is 4.20. The third-order valence-electron chi connectivity index (χ3n) is 3.07. The van der Waals surface area contributed by atoms with Crippen molar-refractivity contribution in [2.24, 2.45) is 5.92 Å². The van der Waals surface area contributed by atoms with Gasteiger partial charge in [-0.05, 0) is 32.2 Å². The van der Waals surface area contributed by atoms with Crippen LogP contribution in [0, 0.1) is 12.8 Å². The van der Waals surface area contributed by atoms with E-state index in [9.17, 15) is 4.79 Å². The van der Waals surface area contributed by atoms with Crippen LogP contribution in [-0.4, -0.2) is 28.2 Å². The van der Waals surface area contributed by atoms with E-state index in [0.717, 1.165) is 30.8 Å². The summed E-state index contributed by atoms with van der Waals surface area (Å²) in [6, 6.07) is 0.162. The summed E-state index contributed by atoms with van der Waals surface area (Å²) in [5.74, 6) is 0.342. The van der Waals surface area contributed by atoms with Crippen molar-refractivity contribution in [2.45, 2.75) is 25.8 Å². The normalized spacial score (nSPS) is 26.8. The van der Waals surface area contributed by atoms with E-state index in [1.54, 1.807) is 0 Å². The summed E-state index contributed by atoms with van der Waals surface area (Å²) in [6.07, 6.45) is 1.88. The predicted molar refractivity (Wildman–Crippen MR) is 56.7 cm³/mol. The predicted octanol–water partition coefficient (Wildman–Crippen LogP) is 0.0444. The number of hydrogen-bond donors (Lipinski definition) is 4. The molecule has 0 bridgehead atoms. The molecule has 1 fully saturated rings. The van der Waals surface area contributed by atoms with Crippen LogP contribution in [0.4, 0.5) is 0 Å². The Morgan fingerprint density at radius 2 is 2.27 bits per heavy atom. The highest BCUT2D eigenvalue weighted by Gasteiger charge is 2.24. The minimum absolute atomic E-state index is 0.157. The first-order valence-electron chi connectivity index (χ1n) is 5.33. The van der Waals surface area contributed by atoms with Crippen molar-refractivity contribution in [3.05, 3.63) is 21.9 Å². The van der Waals surface area contributed by atoms with Crippen LogP contribution in [0.2, 0.25) is 0 Å². The maximum atomic E-state index is 11.1. The molecule has 1 aromatic heterocycles. The Morgan fingerprint density at radius 3 is 2.87 bits per heavy atom. The number of hydrogen-bond acceptors (Lipinski definition) is 3. The number of nitrogens with one attached hydrogen (secondary N) is 3. The molecule has 0 spiro atoms. The van der Waals surface area contributed by atoms with Gasteiger partial charge in [0.15, 0.2) is 0 Å². The van der Waals surface area contributed by atoms with Crippen LogP contribution in [0.1, 0.15) is 30.3 Å². The Hall–Kier alpha value is -1.07. The molecule has 1 aromatic rings. The molecule has 15 heavy (non-hydrogen) atoms. The zero-order chi connectivity index (χ0) is 10.8. The Labute approximate surface area is 87.9 Å². The summed E-state index contributed by atoms with van der Waals surface area (Å²) < 4.78 is 0. The van der Waals surface area contributed by atoms with Crippen molar-refractivity contribution >= 4 is 0 Å². The third-order valence-corrected chi connectivity index (χ3v) is 3.07. The molecule has 1 aliphatic heterocycles. The van der Waals surface area contributed by atoms with Gasteiger partial charge in [0.05, 0.1) is 5.69 Å². The first-order chi connectivity index (χ1) is 7.20. The number of H-pyrrole nitrogens is 2. The van der Waals surface area contributed by atoms with Crippen LogP contribution in [0.5, 0.6) is 0 Å². The van der Waals surface area contributed by atoms with Gasteiger partial charge in [-0.25, -0.2) is 4.79 Å². The first kappa shape index (κ1) is 10.4. The molecule has 2 heterocycles. The largest absolute Gasteiger partial charge is 0.396 e. The van der Waals surface area contributed by atoms with Crippen LogP contribution in [0.15, 0.2) is 4.79 Å². The molecule has 5 heteroatoms. The molecule has 4 N–H and O–H groups in total. The molecule has 0 aromatic carbocycles. The molecule has 2 unspecified atom stereocenters. The molecule has 0 saturated carbocycles. The molecule has 0 radical (unpaired) electrons. The molecule has 1 saturated heterocycles. The van der Waals surface area contributed by atoms with Crippen molar-refractivity contribution < 1.29 is 5.11 Å². The summed E-state index contributed by atoms with van der Waals surface area (Å²) in [7, 11) is 0. The van der Waals surface area contributed by atoms with E-state index < -0.39 is 0 Å². The van der Waals surface area contributed by atoms with Gasteiger partial charge in [0, 0.05) is 18.3 Å². The number of rotatable bonds is 2. The van der Waals surface area contributed by atoms with Crippen LogP contribution in [0.3, 0.4) is 0 Å². The molecular weight excluding hydrogens is 194 g/mol. The Balaban J connectivity index is 2.16. The molecule has 2 atom stereocenters. The monoisotopic (exact) mass is 211 g/mol. The number of aromatic nitrogens is 2. The fourth-order valence-corrected chi connectivity index (χ4v) is 2.22. The maximum absolute atomic E-state index is 11.1. The SMILES string of the molecule is Cc1[nH]c(=O)[nH]c1C1CC(CO)CCN1. The van der Waals surface area contributed by atoms with Crippen LogP contribution >= 0.6 is 0 Å². The lowest BCUT2D eigenvalue weighted by Gasteiger charge is -2.28. The van der Waals surface area contributed by atoms with Crippen LogP contribution < -0.4 is 11.0 Å². The van der Waals surface area contributed by atoms with Crippen LogP contribution in [-0.2, 0) is 0 Å². The van der Waals surface area contributed by atoms with Crippen molar-refractivity contribution in [1.29, 1.82) is 0 Å². The highest BCUT2D eigenvalue weighted by atomic mass is 16.3. The topological polar surface area (TPSA) is 80.9 Å². The molecule has 84 valence electrons. The van der Waals surface area contributed by atoms with E-state index in [2.05, 4.69) is 15.3 Å². The van der Waals surface area contributed by atoms with Crippen molar-refractivity contribution in [2.75, 3.05) is 13.2 Å². The number of aliphatic hydroxyl groups is 1. The fraction of sp³-hybridized carbons (Fsp3) is 0.700. The summed E-state index contributed by atoms with van der Waals surface area (Å²) in [5.41, 5.74) is 1.66. The summed E-state index contributed by atoms with van der Waals surface area (Å²) in [5, 5.41) is 12.5. The minimum Gasteiger partial charge on any atom is -0.396 e. The first-order valence-corrected chi connectivity index (χ1v) is 5.33. The standard InChI is InChI=1S/C10H17N3O2/c1-6-9(13-10(15)12-6)8-4-7(5-14)2-3-11-8/h7-8,11,14H,2-5H2,1H3,(H2,12,13,15). The van der Waals surface area contributed by atoms with E-state index >= 15 is 0 Å². The lowest BCUT2D eigenvalue weighted by atomic mass is 9.91. The van der Waals surface area contributed by atoms with Crippen molar-refractivity contribution in [1.82, 2.24) is 15.3 Å². The Morgan fingerprint density at radius 1 is 1.47 bits per heavy atom. The summed E-state index contributed by atoms with van der Waals surface area (Å²) >= 11 is 0. The smallest absolute Gasteiger partial charge is 0.323 e. The second-order valence-corrected chi connectivity index (χ2v) is 4.20.